The van der Waals surface area contributed by atoms with Gasteiger partial charge in [0.15, 0.2) is 0 Å². The molecule has 0 atom stereocenters. The van der Waals surface area contributed by atoms with E-state index in [4.69, 9.17) is 0 Å². The zero-order valence-corrected chi connectivity index (χ0v) is 8.65. The summed E-state index contributed by atoms with van der Waals surface area (Å²) in [6.45, 7) is 5.98. The molecule has 0 nitrogen and oxygen atoms in total. The quantitative estimate of drug-likeness (QED) is 0.293. The number of hydrogen-bond donors (Lipinski definition) is 0. The van der Waals surface area contributed by atoms with E-state index in [9.17, 15) is 0 Å². The summed E-state index contributed by atoms with van der Waals surface area (Å²) in [6, 6.07) is 0. The number of unbranched alkanes of at least 4 members (excludes halogenated alkanes) is 4. The summed E-state index contributed by atoms with van der Waals surface area (Å²) in [5, 5.41) is 0. The maximum absolute atomic E-state index is 3.76. The molecule has 0 N–H and O–H groups in total. The van der Waals surface area contributed by atoms with Crippen LogP contribution in [0.1, 0.15) is 39.0 Å². The molecule has 0 amide bonds. The summed E-state index contributed by atoms with van der Waals surface area (Å²) >= 11 is 0. The number of halogens is 1. The van der Waals surface area contributed by atoms with Gasteiger partial charge in [-0.25, -0.2) is 0 Å². The fourth-order valence-corrected chi connectivity index (χ4v) is 0.604. The van der Waals surface area contributed by atoms with Gasteiger partial charge >= 0.3 is 29.6 Å². The average molecular weight is 142 g/mol. The molecule has 0 bridgehead atoms. The normalized spacial score (nSPS) is 7.33. The second-order valence-electron chi connectivity index (χ2n) is 1.91. The topological polar surface area (TPSA) is 0 Å². The third-order valence-corrected chi connectivity index (χ3v) is 1.10. The molecular formula is C7H16FNa. The van der Waals surface area contributed by atoms with Crippen LogP contribution in [0.4, 0.5) is 4.70 Å². The summed E-state index contributed by atoms with van der Waals surface area (Å²) < 4.78 is 0. The van der Waals surface area contributed by atoms with Gasteiger partial charge in [0.05, 0.1) is 0 Å². The maximum atomic E-state index is 3.76. The third kappa shape index (κ3) is 17.6. The van der Waals surface area contributed by atoms with Gasteiger partial charge in [-0.15, -0.1) is 0 Å². The summed E-state index contributed by atoms with van der Waals surface area (Å²) in [5.74, 6) is 0. The van der Waals surface area contributed by atoms with Crippen LogP contribution in [-0.2, 0) is 0 Å². The Morgan fingerprint density at radius 3 is 2.00 bits per heavy atom. The Bertz CT molecular complexity index is 28.1. The molecule has 0 aliphatic rings. The van der Waals surface area contributed by atoms with Gasteiger partial charge in [-0.05, 0) is 0 Å². The van der Waals surface area contributed by atoms with Crippen LogP contribution >= 0.6 is 0 Å². The minimum atomic E-state index is 0. The third-order valence-electron chi connectivity index (χ3n) is 1.10. The zero-order chi connectivity index (χ0) is 5.54. The van der Waals surface area contributed by atoms with Crippen LogP contribution in [-0.4, -0.2) is 0 Å². The molecule has 0 saturated carbocycles. The summed E-state index contributed by atoms with van der Waals surface area (Å²) in [4.78, 5) is 0. The van der Waals surface area contributed by atoms with Crippen molar-refractivity contribution >= 4 is 0 Å². The molecule has 9 heavy (non-hydrogen) atoms. The molecular weight excluding hydrogens is 126 g/mol. The first kappa shape index (κ1) is 16.5. The van der Waals surface area contributed by atoms with Crippen molar-refractivity contribution in [2.45, 2.75) is 39.0 Å². The Balaban J connectivity index is -0.000000180. The van der Waals surface area contributed by atoms with E-state index in [-0.39, 0.29) is 34.3 Å². The molecule has 0 aliphatic heterocycles. The molecule has 2 heteroatoms. The molecule has 0 rings (SSSR count). The van der Waals surface area contributed by atoms with E-state index in [0.29, 0.717) is 0 Å². The van der Waals surface area contributed by atoms with Gasteiger partial charge in [-0.1, -0.05) is 32.6 Å². The van der Waals surface area contributed by atoms with Crippen molar-refractivity contribution < 1.29 is 34.3 Å². The van der Waals surface area contributed by atoms with Crippen molar-refractivity contribution in [2.24, 2.45) is 0 Å². The smallest absolute Gasteiger partial charge is 0.343 e. The first-order valence-electron chi connectivity index (χ1n) is 3.21. The first-order valence-corrected chi connectivity index (χ1v) is 3.21. The van der Waals surface area contributed by atoms with E-state index in [1.807, 2.05) is 0 Å². The minimum absolute atomic E-state index is 0. The second kappa shape index (κ2) is 16.0. The van der Waals surface area contributed by atoms with Crippen LogP contribution in [0.2, 0.25) is 0 Å². The monoisotopic (exact) mass is 142 g/mol. The van der Waals surface area contributed by atoms with E-state index < -0.39 is 0 Å². The molecule has 0 saturated heterocycles. The zero-order valence-electron chi connectivity index (χ0n) is 6.65. The van der Waals surface area contributed by atoms with Crippen LogP contribution < -0.4 is 29.6 Å². The Hall–Kier alpha value is 0.930. The van der Waals surface area contributed by atoms with E-state index in [2.05, 4.69) is 13.8 Å². The van der Waals surface area contributed by atoms with E-state index in [1.165, 1.54) is 25.7 Å². The maximum Gasteiger partial charge on any atom is 1.00 e. The molecule has 0 aromatic carbocycles. The van der Waals surface area contributed by atoms with Crippen molar-refractivity contribution in [1.29, 1.82) is 0 Å². The molecule has 0 aromatic heterocycles. The summed E-state index contributed by atoms with van der Waals surface area (Å²) in [6.07, 6.45) is 6.52. The molecule has 0 spiro atoms. The van der Waals surface area contributed by atoms with Gasteiger partial charge in [0.2, 0.25) is 0 Å². The number of rotatable bonds is 4. The summed E-state index contributed by atoms with van der Waals surface area (Å²) in [5.41, 5.74) is 0. The van der Waals surface area contributed by atoms with Gasteiger partial charge < -0.3 is 6.92 Å². The molecule has 0 heterocycles. The van der Waals surface area contributed by atoms with Crippen molar-refractivity contribution in [2.75, 3.05) is 0 Å². The van der Waals surface area contributed by atoms with Crippen LogP contribution in [0.25, 0.3) is 0 Å². The van der Waals surface area contributed by atoms with E-state index >= 15 is 0 Å². The SMILES string of the molecule is F.[CH2-]CCCCCC.[Na+]. The molecule has 52 valence electrons. The van der Waals surface area contributed by atoms with Gasteiger partial charge in [-0.2, -0.15) is 6.42 Å². The Morgan fingerprint density at radius 1 is 1.11 bits per heavy atom. The van der Waals surface area contributed by atoms with Crippen molar-refractivity contribution in [1.82, 2.24) is 0 Å². The first-order chi connectivity index (χ1) is 3.41. The second-order valence-corrected chi connectivity index (χ2v) is 1.91. The fraction of sp³-hybridized carbons (Fsp3) is 0.857. The predicted molar refractivity (Wildman–Crippen MR) is 36.6 cm³/mol. The molecule has 0 unspecified atom stereocenters. The Kier molecular flexibility index (Phi) is 29.3. The van der Waals surface area contributed by atoms with Crippen molar-refractivity contribution in [3.63, 3.8) is 0 Å². The predicted octanol–water partition coefficient (Wildman–Crippen LogP) is -0.0526. The molecule has 0 fully saturated rings. The molecule has 0 aliphatic carbocycles. The average Bonchev–Trinajstić information content (AvgIpc) is 1.69. The van der Waals surface area contributed by atoms with Crippen LogP contribution in [0, 0.1) is 6.92 Å². The molecule has 0 aromatic rings. The Morgan fingerprint density at radius 2 is 1.67 bits per heavy atom. The van der Waals surface area contributed by atoms with E-state index in [1.54, 1.807) is 0 Å². The van der Waals surface area contributed by atoms with Gasteiger partial charge in [-0.3, -0.25) is 4.70 Å². The fourth-order valence-electron chi connectivity index (χ4n) is 0.604. The van der Waals surface area contributed by atoms with Crippen molar-refractivity contribution in [3.8, 4) is 0 Å². The minimum Gasteiger partial charge on any atom is -0.343 e. The standard InChI is InChI=1S/C7H15.FH.Na/c1-3-5-7-6-4-2;;/h1,3-7H2,2H3;1H;/q-1;;+1. The molecule has 0 radical (unpaired) electrons. The van der Waals surface area contributed by atoms with E-state index in [0.717, 1.165) is 6.42 Å². The van der Waals surface area contributed by atoms with Gasteiger partial charge in [0.1, 0.15) is 0 Å². The van der Waals surface area contributed by atoms with Gasteiger partial charge in [0.25, 0.3) is 0 Å². The largest absolute Gasteiger partial charge is 1.00 e. The van der Waals surface area contributed by atoms with Crippen LogP contribution in [0.5, 0.6) is 0 Å². The van der Waals surface area contributed by atoms with Gasteiger partial charge in [0, 0.05) is 0 Å². The van der Waals surface area contributed by atoms with Crippen LogP contribution in [0.15, 0.2) is 0 Å². The van der Waals surface area contributed by atoms with Crippen molar-refractivity contribution in [3.05, 3.63) is 6.92 Å². The number of hydrogen-bond acceptors (Lipinski definition) is 0. The van der Waals surface area contributed by atoms with Crippen LogP contribution in [0.3, 0.4) is 0 Å². The summed E-state index contributed by atoms with van der Waals surface area (Å²) in [7, 11) is 0. The Labute approximate surface area is 80.1 Å².